The number of carbonyl (C=O) groups is 1. The third-order valence-corrected chi connectivity index (χ3v) is 4.60. The second-order valence-electron chi connectivity index (χ2n) is 5.71. The summed E-state index contributed by atoms with van der Waals surface area (Å²) in [4.78, 5) is 13.8. The number of hydrogen-bond donors (Lipinski definition) is 0. The molecule has 3 nitrogen and oxygen atoms in total. The van der Waals surface area contributed by atoms with Crippen molar-refractivity contribution in [3.63, 3.8) is 0 Å². The number of hydrogen-bond acceptors (Lipinski definition) is 2. The second-order valence-corrected chi connectivity index (χ2v) is 6.56. The fourth-order valence-corrected chi connectivity index (χ4v) is 2.91. The lowest BCUT2D eigenvalue weighted by Gasteiger charge is -2.31. The molecule has 0 N–H and O–H groups in total. The summed E-state index contributed by atoms with van der Waals surface area (Å²) in [6, 6.07) is 14.2. The molecule has 0 aromatic heterocycles. The van der Waals surface area contributed by atoms with Crippen LogP contribution in [0.5, 0.6) is 11.5 Å². The first kappa shape index (κ1) is 16.9. The number of benzene rings is 2. The van der Waals surface area contributed by atoms with Crippen molar-refractivity contribution in [2.45, 2.75) is 18.8 Å². The molecule has 1 aliphatic heterocycles. The molecule has 0 aliphatic carbocycles. The van der Waals surface area contributed by atoms with E-state index in [1.165, 1.54) is 4.90 Å². The number of piperidine rings is 1. The third kappa shape index (κ3) is 3.93. The lowest BCUT2D eigenvalue weighted by Crippen LogP contribution is -2.42. The van der Waals surface area contributed by atoms with Gasteiger partial charge < -0.3 is 9.64 Å². The fraction of sp³-hybridized carbons (Fsp3) is 0.278. The fourth-order valence-electron chi connectivity index (χ4n) is 2.54. The summed E-state index contributed by atoms with van der Waals surface area (Å²) in [5.41, 5.74) is 0.472. The predicted octanol–water partition coefficient (Wildman–Crippen LogP) is 5.11. The number of alkyl halides is 2. The third-order valence-electron chi connectivity index (χ3n) is 3.95. The van der Waals surface area contributed by atoms with Gasteiger partial charge in [0.1, 0.15) is 11.5 Å². The summed E-state index contributed by atoms with van der Waals surface area (Å²) in [6.07, 6.45) is -0.552. The summed E-state index contributed by atoms with van der Waals surface area (Å²) in [5.74, 6) is -1.60. The molecule has 1 heterocycles. The summed E-state index contributed by atoms with van der Waals surface area (Å²) in [6.45, 7) is 0.169. The highest BCUT2D eigenvalue weighted by atomic mass is 79.9. The molecule has 0 saturated carbocycles. The van der Waals surface area contributed by atoms with Crippen LogP contribution in [0.3, 0.4) is 0 Å². The van der Waals surface area contributed by atoms with Crippen LogP contribution in [0.25, 0.3) is 0 Å². The van der Waals surface area contributed by atoms with Crippen molar-refractivity contribution in [3.8, 4) is 11.5 Å². The van der Waals surface area contributed by atoms with E-state index in [9.17, 15) is 13.6 Å². The zero-order valence-electron chi connectivity index (χ0n) is 12.8. The second kappa shape index (κ2) is 6.89. The average Bonchev–Trinajstić information content (AvgIpc) is 2.57. The van der Waals surface area contributed by atoms with Crippen molar-refractivity contribution in [1.82, 2.24) is 4.90 Å². The number of nitrogens with zero attached hydrogens (tertiary/aromatic N) is 1. The number of amides is 1. The van der Waals surface area contributed by atoms with Crippen molar-refractivity contribution in [2.24, 2.45) is 0 Å². The molecule has 24 heavy (non-hydrogen) atoms. The van der Waals surface area contributed by atoms with Crippen molar-refractivity contribution in [1.29, 1.82) is 0 Å². The van der Waals surface area contributed by atoms with Gasteiger partial charge in [0.2, 0.25) is 0 Å². The molecule has 0 bridgehead atoms. The summed E-state index contributed by atoms with van der Waals surface area (Å²) in [7, 11) is 0. The normalized spacial score (nSPS) is 16.7. The van der Waals surface area contributed by atoms with Crippen LogP contribution in [-0.2, 0) is 0 Å². The standard InChI is InChI=1S/C18H16BrF2NO2/c19-15-3-1-2-4-16(15)24-14-7-5-13(6-8-14)17(23)22-11-9-18(20,21)10-12-22/h1-8H,9-12H2. The largest absolute Gasteiger partial charge is 0.456 e. The van der Waals surface area contributed by atoms with E-state index in [0.717, 1.165) is 4.47 Å². The number of likely N-dealkylation sites (tertiary alicyclic amines) is 1. The lowest BCUT2D eigenvalue weighted by molar-refractivity contribution is -0.0494. The first-order valence-corrected chi connectivity index (χ1v) is 8.43. The minimum absolute atomic E-state index is 0.0844. The van der Waals surface area contributed by atoms with Gasteiger partial charge >= 0.3 is 0 Å². The summed E-state index contributed by atoms with van der Waals surface area (Å²) in [5, 5.41) is 0. The molecule has 3 rings (SSSR count). The van der Waals surface area contributed by atoms with Crippen molar-refractivity contribution >= 4 is 21.8 Å². The lowest BCUT2D eigenvalue weighted by atomic mass is 10.1. The number of ether oxygens (including phenoxy) is 1. The first-order chi connectivity index (χ1) is 11.4. The maximum absolute atomic E-state index is 13.2. The Morgan fingerprint density at radius 3 is 2.29 bits per heavy atom. The molecule has 1 fully saturated rings. The van der Waals surface area contributed by atoms with E-state index >= 15 is 0 Å². The van der Waals surface area contributed by atoms with Crippen molar-refractivity contribution < 1.29 is 18.3 Å². The number of carbonyl (C=O) groups excluding carboxylic acids is 1. The highest BCUT2D eigenvalue weighted by Gasteiger charge is 2.35. The Morgan fingerprint density at radius 1 is 1.04 bits per heavy atom. The molecule has 1 aliphatic rings. The van der Waals surface area contributed by atoms with E-state index < -0.39 is 5.92 Å². The van der Waals surface area contributed by atoms with Crippen LogP contribution >= 0.6 is 15.9 Å². The van der Waals surface area contributed by atoms with Gasteiger partial charge in [-0.2, -0.15) is 0 Å². The zero-order chi connectivity index (χ0) is 17.2. The van der Waals surface area contributed by atoms with E-state index in [1.807, 2.05) is 24.3 Å². The molecule has 126 valence electrons. The van der Waals surface area contributed by atoms with Crippen LogP contribution in [0.15, 0.2) is 53.0 Å². The molecule has 2 aromatic carbocycles. The zero-order valence-corrected chi connectivity index (χ0v) is 14.4. The van der Waals surface area contributed by atoms with Gasteiger partial charge in [-0.1, -0.05) is 12.1 Å². The van der Waals surface area contributed by atoms with Crippen LogP contribution in [0, 0.1) is 0 Å². The molecule has 1 amide bonds. The van der Waals surface area contributed by atoms with Gasteiger partial charge in [0.25, 0.3) is 11.8 Å². The molecule has 1 saturated heterocycles. The van der Waals surface area contributed by atoms with Gasteiger partial charge in [-0.25, -0.2) is 8.78 Å². The summed E-state index contributed by atoms with van der Waals surface area (Å²) < 4.78 is 32.9. The van der Waals surface area contributed by atoms with Crippen LogP contribution < -0.4 is 4.74 Å². The molecular weight excluding hydrogens is 380 g/mol. The highest BCUT2D eigenvalue weighted by molar-refractivity contribution is 9.10. The minimum Gasteiger partial charge on any atom is -0.456 e. The van der Waals surface area contributed by atoms with Crippen LogP contribution in [-0.4, -0.2) is 29.8 Å². The Hall–Kier alpha value is -1.95. The van der Waals surface area contributed by atoms with Crippen LogP contribution in [0.2, 0.25) is 0 Å². The number of rotatable bonds is 3. The SMILES string of the molecule is O=C(c1ccc(Oc2ccccc2Br)cc1)N1CCC(F)(F)CC1. The van der Waals surface area contributed by atoms with Gasteiger partial charge in [-0.15, -0.1) is 0 Å². The van der Waals surface area contributed by atoms with Crippen molar-refractivity contribution in [3.05, 3.63) is 58.6 Å². The Balaban J connectivity index is 1.66. The van der Waals surface area contributed by atoms with E-state index in [2.05, 4.69) is 15.9 Å². The molecule has 2 aromatic rings. The molecule has 0 atom stereocenters. The van der Waals surface area contributed by atoms with Crippen LogP contribution in [0.4, 0.5) is 8.78 Å². The smallest absolute Gasteiger partial charge is 0.253 e. The molecule has 0 radical (unpaired) electrons. The minimum atomic E-state index is -2.66. The Labute approximate surface area is 147 Å². The maximum atomic E-state index is 13.2. The van der Waals surface area contributed by atoms with Gasteiger partial charge in [-0.05, 0) is 52.3 Å². The van der Waals surface area contributed by atoms with Gasteiger partial charge in [0, 0.05) is 31.5 Å². The number of halogens is 3. The Kier molecular flexibility index (Phi) is 4.85. The molecule has 0 spiro atoms. The quantitative estimate of drug-likeness (QED) is 0.722. The van der Waals surface area contributed by atoms with Crippen LogP contribution in [0.1, 0.15) is 23.2 Å². The molecular formula is C18H16BrF2NO2. The number of para-hydroxylation sites is 1. The van der Waals surface area contributed by atoms with Gasteiger partial charge in [0.05, 0.1) is 4.47 Å². The molecule has 0 unspecified atom stereocenters. The van der Waals surface area contributed by atoms with Gasteiger partial charge in [-0.3, -0.25) is 4.79 Å². The monoisotopic (exact) mass is 395 g/mol. The van der Waals surface area contributed by atoms with E-state index in [4.69, 9.17) is 4.74 Å². The van der Waals surface area contributed by atoms with Gasteiger partial charge in [0.15, 0.2) is 0 Å². The summed E-state index contributed by atoms with van der Waals surface area (Å²) >= 11 is 3.41. The first-order valence-electron chi connectivity index (χ1n) is 7.64. The average molecular weight is 396 g/mol. The highest BCUT2D eigenvalue weighted by Crippen LogP contribution is 2.30. The van der Waals surface area contributed by atoms with E-state index in [1.54, 1.807) is 24.3 Å². The Morgan fingerprint density at radius 2 is 1.67 bits per heavy atom. The topological polar surface area (TPSA) is 29.5 Å². The predicted molar refractivity (Wildman–Crippen MR) is 90.7 cm³/mol. The van der Waals surface area contributed by atoms with Crippen molar-refractivity contribution in [2.75, 3.05) is 13.1 Å². The maximum Gasteiger partial charge on any atom is 0.253 e. The Bertz CT molecular complexity index is 724. The molecule has 6 heteroatoms. The van der Waals surface area contributed by atoms with E-state index in [0.29, 0.717) is 17.1 Å². The van der Waals surface area contributed by atoms with E-state index in [-0.39, 0.29) is 31.8 Å².